The van der Waals surface area contributed by atoms with Gasteiger partial charge in [-0.2, -0.15) is 4.31 Å². The molecule has 2 aliphatic heterocycles. The summed E-state index contributed by atoms with van der Waals surface area (Å²) in [6.45, 7) is 9.67. The number of anilines is 1. The summed E-state index contributed by atoms with van der Waals surface area (Å²) in [4.78, 5) is 26.6. The first-order chi connectivity index (χ1) is 16.7. The Bertz CT molecular complexity index is 1150. The standard InChI is InChI=1S/C26H35N5O3S/c1-20(2)25-27-21(3)19-24(28-25)29-14-16-30(17-15-29)26(32)23-9-12-31(13-10-23)35(33,34)18-11-22-7-5-4-6-8-22/h4-8,11,18-20,23H,9-10,12-17H2,1-3H3/b18-11+. The molecule has 1 aromatic heterocycles. The minimum atomic E-state index is -3.50. The molecule has 188 valence electrons. The zero-order valence-electron chi connectivity index (χ0n) is 20.8. The van der Waals surface area contributed by atoms with Crippen LogP contribution in [0.5, 0.6) is 0 Å². The van der Waals surface area contributed by atoms with Crippen LogP contribution in [0.3, 0.4) is 0 Å². The number of carbonyl (C=O) groups is 1. The van der Waals surface area contributed by atoms with E-state index in [1.165, 1.54) is 9.71 Å². The van der Waals surface area contributed by atoms with Crippen molar-refractivity contribution in [3.63, 3.8) is 0 Å². The first-order valence-electron chi connectivity index (χ1n) is 12.4. The van der Waals surface area contributed by atoms with E-state index in [4.69, 9.17) is 4.98 Å². The van der Waals surface area contributed by atoms with Gasteiger partial charge >= 0.3 is 0 Å². The Balaban J connectivity index is 1.29. The molecule has 0 radical (unpaired) electrons. The summed E-state index contributed by atoms with van der Waals surface area (Å²) in [5, 5.41) is 1.27. The second-order valence-corrected chi connectivity index (χ2v) is 11.4. The maximum absolute atomic E-state index is 13.2. The van der Waals surface area contributed by atoms with Gasteiger partial charge in [0, 0.05) is 68.3 Å². The van der Waals surface area contributed by atoms with Crippen LogP contribution in [0.4, 0.5) is 5.82 Å². The fourth-order valence-corrected chi connectivity index (χ4v) is 5.80. The van der Waals surface area contributed by atoms with E-state index in [1.54, 1.807) is 6.08 Å². The minimum Gasteiger partial charge on any atom is -0.353 e. The lowest BCUT2D eigenvalue weighted by Crippen LogP contribution is -2.52. The van der Waals surface area contributed by atoms with Crippen molar-refractivity contribution in [3.05, 3.63) is 58.9 Å². The number of hydrogen-bond donors (Lipinski definition) is 0. The van der Waals surface area contributed by atoms with Crippen LogP contribution in [0.2, 0.25) is 0 Å². The highest BCUT2D eigenvalue weighted by atomic mass is 32.2. The second kappa shape index (κ2) is 10.9. The molecule has 0 atom stereocenters. The lowest BCUT2D eigenvalue weighted by atomic mass is 9.96. The van der Waals surface area contributed by atoms with Crippen LogP contribution in [-0.2, 0) is 14.8 Å². The smallest absolute Gasteiger partial charge is 0.236 e. The van der Waals surface area contributed by atoms with Gasteiger partial charge in [-0.25, -0.2) is 18.4 Å². The lowest BCUT2D eigenvalue weighted by Gasteiger charge is -2.38. The Morgan fingerprint density at radius 3 is 2.29 bits per heavy atom. The SMILES string of the molecule is Cc1cc(N2CCN(C(=O)C3CCN(S(=O)(=O)/C=C/c4ccccc4)CC3)CC2)nc(C(C)C)n1. The molecule has 8 nitrogen and oxygen atoms in total. The van der Waals surface area contributed by atoms with E-state index in [0.717, 1.165) is 36.0 Å². The first-order valence-corrected chi connectivity index (χ1v) is 13.9. The molecule has 3 heterocycles. The maximum Gasteiger partial charge on any atom is 0.236 e. The molecule has 2 aliphatic rings. The highest BCUT2D eigenvalue weighted by Crippen LogP contribution is 2.24. The van der Waals surface area contributed by atoms with Crippen LogP contribution < -0.4 is 4.90 Å². The van der Waals surface area contributed by atoms with E-state index in [2.05, 4.69) is 23.7 Å². The van der Waals surface area contributed by atoms with Gasteiger partial charge in [-0.3, -0.25) is 4.79 Å². The summed E-state index contributed by atoms with van der Waals surface area (Å²) in [5.74, 6) is 2.05. The summed E-state index contributed by atoms with van der Waals surface area (Å²) < 4.78 is 26.9. The van der Waals surface area contributed by atoms with E-state index in [1.807, 2.05) is 48.2 Å². The summed E-state index contributed by atoms with van der Waals surface area (Å²) in [7, 11) is -3.50. The molecule has 2 aromatic rings. The van der Waals surface area contributed by atoms with Crippen molar-refractivity contribution in [1.82, 2.24) is 19.2 Å². The molecule has 0 N–H and O–H groups in total. The quantitative estimate of drug-likeness (QED) is 0.609. The third-order valence-electron chi connectivity index (χ3n) is 6.68. The first kappa shape index (κ1) is 25.3. The summed E-state index contributed by atoms with van der Waals surface area (Å²) in [6.07, 6.45) is 2.73. The second-order valence-electron chi connectivity index (χ2n) is 9.62. The molecule has 0 bridgehead atoms. The lowest BCUT2D eigenvalue weighted by molar-refractivity contribution is -0.137. The number of benzene rings is 1. The Kier molecular flexibility index (Phi) is 7.86. The third kappa shape index (κ3) is 6.27. The monoisotopic (exact) mass is 497 g/mol. The van der Waals surface area contributed by atoms with Crippen molar-refractivity contribution >= 4 is 27.8 Å². The number of carbonyl (C=O) groups excluding carboxylic acids is 1. The van der Waals surface area contributed by atoms with Crippen molar-refractivity contribution < 1.29 is 13.2 Å². The highest BCUT2D eigenvalue weighted by Gasteiger charge is 2.33. The highest BCUT2D eigenvalue weighted by molar-refractivity contribution is 7.92. The van der Waals surface area contributed by atoms with Crippen LogP contribution in [0, 0.1) is 12.8 Å². The number of aryl methyl sites for hydroxylation is 1. The molecule has 2 saturated heterocycles. The van der Waals surface area contributed by atoms with Gasteiger partial charge in [0.15, 0.2) is 0 Å². The number of sulfonamides is 1. The van der Waals surface area contributed by atoms with Gasteiger partial charge in [0.05, 0.1) is 0 Å². The number of piperidine rings is 1. The average Bonchev–Trinajstić information content (AvgIpc) is 2.87. The number of piperazine rings is 1. The van der Waals surface area contributed by atoms with Gasteiger partial charge in [-0.15, -0.1) is 0 Å². The topological polar surface area (TPSA) is 86.7 Å². The van der Waals surface area contributed by atoms with E-state index in [9.17, 15) is 13.2 Å². The van der Waals surface area contributed by atoms with Gasteiger partial charge in [-0.05, 0) is 31.4 Å². The van der Waals surface area contributed by atoms with Crippen LogP contribution >= 0.6 is 0 Å². The van der Waals surface area contributed by atoms with Crippen molar-refractivity contribution in [2.45, 2.75) is 39.5 Å². The zero-order valence-corrected chi connectivity index (χ0v) is 21.6. The third-order valence-corrected chi connectivity index (χ3v) is 8.25. The summed E-state index contributed by atoms with van der Waals surface area (Å²) in [5.41, 5.74) is 1.80. The normalized spacial score (nSPS) is 18.5. The van der Waals surface area contributed by atoms with E-state index in [-0.39, 0.29) is 17.7 Å². The van der Waals surface area contributed by atoms with Crippen LogP contribution in [0.25, 0.3) is 6.08 Å². The molecule has 1 amide bonds. The molecule has 0 unspecified atom stereocenters. The van der Waals surface area contributed by atoms with Gasteiger partial charge in [-0.1, -0.05) is 44.2 Å². The molecule has 2 fully saturated rings. The van der Waals surface area contributed by atoms with Crippen molar-refractivity contribution in [3.8, 4) is 0 Å². The molecule has 0 aliphatic carbocycles. The fraction of sp³-hybridized carbons (Fsp3) is 0.500. The summed E-state index contributed by atoms with van der Waals surface area (Å²) in [6, 6.07) is 11.4. The molecular formula is C26H35N5O3S. The summed E-state index contributed by atoms with van der Waals surface area (Å²) >= 11 is 0. The van der Waals surface area contributed by atoms with E-state index >= 15 is 0 Å². The van der Waals surface area contributed by atoms with Crippen LogP contribution in [-0.4, -0.2) is 72.8 Å². The Labute approximate surface area is 208 Å². The van der Waals surface area contributed by atoms with Crippen molar-refractivity contribution in [2.75, 3.05) is 44.2 Å². The fourth-order valence-electron chi connectivity index (χ4n) is 4.58. The Hall–Kier alpha value is -2.78. The molecule has 35 heavy (non-hydrogen) atoms. The van der Waals surface area contributed by atoms with Crippen LogP contribution in [0.1, 0.15) is 49.7 Å². The number of rotatable bonds is 6. The molecule has 4 rings (SSSR count). The molecule has 0 saturated carbocycles. The minimum absolute atomic E-state index is 0.125. The van der Waals surface area contributed by atoms with Crippen molar-refractivity contribution in [1.29, 1.82) is 0 Å². The predicted octanol–water partition coefficient (Wildman–Crippen LogP) is 3.27. The van der Waals surface area contributed by atoms with Crippen molar-refractivity contribution in [2.24, 2.45) is 5.92 Å². The zero-order chi connectivity index (χ0) is 25.0. The largest absolute Gasteiger partial charge is 0.353 e. The van der Waals surface area contributed by atoms with E-state index < -0.39 is 10.0 Å². The van der Waals surface area contributed by atoms with E-state index in [0.29, 0.717) is 39.0 Å². The number of amides is 1. The number of hydrogen-bond acceptors (Lipinski definition) is 6. The average molecular weight is 498 g/mol. The molecular weight excluding hydrogens is 462 g/mol. The Morgan fingerprint density at radius 1 is 1.00 bits per heavy atom. The number of nitrogens with zero attached hydrogens (tertiary/aromatic N) is 5. The molecule has 9 heteroatoms. The Morgan fingerprint density at radius 2 is 1.66 bits per heavy atom. The van der Waals surface area contributed by atoms with Gasteiger partial charge in [0.25, 0.3) is 0 Å². The van der Waals surface area contributed by atoms with Gasteiger partial charge < -0.3 is 9.80 Å². The van der Waals surface area contributed by atoms with Gasteiger partial charge in [0.1, 0.15) is 11.6 Å². The number of aromatic nitrogens is 2. The molecule has 1 aromatic carbocycles. The van der Waals surface area contributed by atoms with Gasteiger partial charge in [0.2, 0.25) is 15.9 Å². The predicted molar refractivity (Wildman–Crippen MR) is 138 cm³/mol. The molecule has 0 spiro atoms. The van der Waals surface area contributed by atoms with Crippen LogP contribution in [0.15, 0.2) is 41.8 Å². The maximum atomic E-state index is 13.2.